The minimum atomic E-state index is -4.69. The summed E-state index contributed by atoms with van der Waals surface area (Å²) < 4.78 is 40.4. The van der Waals surface area contributed by atoms with Crippen molar-refractivity contribution in [2.24, 2.45) is 0 Å². The summed E-state index contributed by atoms with van der Waals surface area (Å²) in [6.07, 6.45) is 0.129. The summed E-state index contributed by atoms with van der Waals surface area (Å²) in [5, 5.41) is 18.0. The number of alkyl halides is 3. The zero-order chi connectivity index (χ0) is 22.2. The van der Waals surface area contributed by atoms with Crippen molar-refractivity contribution in [2.75, 3.05) is 4.90 Å². The number of urea groups is 1. The molecule has 4 rings (SSSR count). The predicted molar refractivity (Wildman–Crippen MR) is 105 cm³/mol. The monoisotopic (exact) mass is 425 g/mol. The fourth-order valence-corrected chi connectivity index (χ4v) is 4.46. The number of aromatic nitrogens is 1. The van der Waals surface area contributed by atoms with Crippen LogP contribution in [-0.4, -0.2) is 28.0 Å². The highest BCUT2D eigenvalue weighted by Gasteiger charge is 2.47. The molecule has 2 atom stereocenters. The summed E-state index contributed by atoms with van der Waals surface area (Å²) in [5.41, 5.74) is -0.347. The molecule has 2 aromatic rings. The number of hydrogen-bond acceptors (Lipinski definition) is 4. The second kappa shape index (κ2) is 7.92. The lowest BCUT2D eigenvalue weighted by molar-refractivity contribution is -0.137. The fourth-order valence-electron chi connectivity index (χ4n) is 4.46. The number of carbonyl (C=O) groups is 1. The molecule has 2 fully saturated rings. The van der Waals surface area contributed by atoms with Crippen molar-refractivity contribution in [3.05, 3.63) is 58.9 Å². The van der Waals surface area contributed by atoms with Gasteiger partial charge in [-0.25, -0.2) is 9.78 Å². The molecular weight excluding hydrogens is 407 g/mol. The average molecular weight is 425 g/mol. The van der Waals surface area contributed by atoms with Crippen molar-refractivity contribution in [2.45, 2.75) is 50.5 Å². The molecule has 0 spiro atoms. The number of amides is 2. The van der Waals surface area contributed by atoms with E-state index in [1.807, 2.05) is 6.07 Å². The molecule has 2 heterocycles. The molecule has 158 valence electrons. The first kappa shape index (κ1) is 20.7. The van der Waals surface area contributed by atoms with Crippen molar-refractivity contribution < 1.29 is 18.0 Å². The van der Waals surface area contributed by atoms with Gasteiger partial charge in [0.05, 0.1) is 29.3 Å². The lowest BCUT2D eigenvalue weighted by Crippen LogP contribution is -2.39. The maximum absolute atomic E-state index is 13.5. The fraction of sp³-hybridized carbons (Fsp3) is 0.364. The molecule has 1 aromatic carbocycles. The number of hydrogen-bond donors (Lipinski definition) is 0. The van der Waals surface area contributed by atoms with Gasteiger partial charge in [0.1, 0.15) is 11.8 Å². The lowest BCUT2D eigenvalue weighted by Gasteiger charge is -2.32. The SMILES string of the molecule is N#Cc1ccc(CN2C(=O)N(c3ccc(C#N)c(C(F)(F)F)c3)[C@@H]3CCCC[C@H]32)cn1. The summed E-state index contributed by atoms with van der Waals surface area (Å²) in [5.74, 6) is 0. The molecule has 9 heteroatoms. The van der Waals surface area contributed by atoms with Gasteiger partial charge in [0.2, 0.25) is 0 Å². The summed E-state index contributed by atoms with van der Waals surface area (Å²) in [6.45, 7) is 0.262. The summed E-state index contributed by atoms with van der Waals surface area (Å²) in [6, 6.07) is 9.52. The minimum absolute atomic E-state index is 0.123. The molecule has 2 aliphatic rings. The van der Waals surface area contributed by atoms with E-state index in [-0.39, 0.29) is 36.0 Å². The van der Waals surface area contributed by atoms with Crippen LogP contribution in [0.25, 0.3) is 0 Å². The Balaban J connectivity index is 1.69. The van der Waals surface area contributed by atoms with Crippen LogP contribution >= 0.6 is 0 Å². The lowest BCUT2D eigenvalue weighted by atomic mass is 9.89. The molecule has 1 saturated carbocycles. The van der Waals surface area contributed by atoms with Crippen LogP contribution in [0.4, 0.5) is 23.7 Å². The number of benzene rings is 1. The summed E-state index contributed by atoms with van der Waals surface area (Å²) >= 11 is 0. The van der Waals surface area contributed by atoms with E-state index in [4.69, 9.17) is 10.5 Å². The number of halogens is 3. The quantitative estimate of drug-likeness (QED) is 0.720. The first-order chi connectivity index (χ1) is 14.8. The van der Waals surface area contributed by atoms with E-state index < -0.39 is 17.3 Å². The molecule has 31 heavy (non-hydrogen) atoms. The predicted octanol–water partition coefficient (Wildman–Crippen LogP) is 4.60. The topological polar surface area (TPSA) is 84.0 Å². The Kier molecular flexibility index (Phi) is 5.28. The number of anilines is 1. The highest BCUT2D eigenvalue weighted by atomic mass is 19.4. The van der Waals surface area contributed by atoms with Crippen LogP contribution in [-0.2, 0) is 12.7 Å². The van der Waals surface area contributed by atoms with Crippen molar-refractivity contribution >= 4 is 11.7 Å². The third-order valence-electron chi connectivity index (χ3n) is 5.88. The first-order valence-electron chi connectivity index (χ1n) is 9.89. The van der Waals surface area contributed by atoms with Crippen LogP contribution < -0.4 is 4.90 Å². The number of fused-ring (bicyclic) bond motifs is 1. The van der Waals surface area contributed by atoms with Crippen molar-refractivity contribution in [1.29, 1.82) is 10.5 Å². The van der Waals surface area contributed by atoms with Gasteiger partial charge in [0.15, 0.2) is 0 Å². The molecule has 0 radical (unpaired) electrons. The first-order valence-corrected chi connectivity index (χ1v) is 9.89. The van der Waals surface area contributed by atoms with E-state index in [9.17, 15) is 18.0 Å². The Hall–Kier alpha value is -3.59. The normalized spacial score (nSPS) is 20.9. The second-order valence-electron chi connectivity index (χ2n) is 7.70. The van der Waals surface area contributed by atoms with Crippen LogP contribution in [0.2, 0.25) is 0 Å². The van der Waals surface area contributed by atoms with Crippen molar-refractivity contribution in [3.8, 4) is 12.1 Å². The number of nitriles is 2. The minimum Gasteiger partial charge on any atom is -0.315 e. The van der Waals surface area contributed by atoms with Crippen LogP contribution in [0.15, 0.2) is 36.5 Å². The number of rotatable bonds is 3. The third kappa shape index (κ3) is 3.79. The van der Waals surface area contributed by atoms with Gasteiger partial charge in [-0.3, -0.25) is 4.90 Å². The zero-order valence-electron chi connectivity index (χ0n) is 16.4. The smallest absolute Gasteiger partial charge is 0.315 e. The van der Waals surface area contributed by atoms with Gasteiger partial charge in [-0.15, -0.1) is 0 Å². The molecular formula is C22H18F3N5O. The van der Waals surface area contributed by atoms with E-state index >= 15 is 0 Å². The molecule has 0 unspecified atom stereocenters. The van der Waals surface area contributed by atoms with Crippen molar-refractivity contribution in [1.82, 2.24) is 9.88 Å². The number of carbonyl (C=O) groups excluding carboxylic acids is 1. The maximum Gasteiger partial charge on any atom is 0.417 e. The Bertz CT molecular complexity index is 1080. The van der Waals surface area contributed by atoms with Gasteiger partial charge in [-0.1, -0.05) is 18.9 Å². The van der Waals surface area contributed by atoms with Gasteiger partial charge in [0.25, 0.3) is 0 Å². The van der Waals surface area contributed by atoms with E-state index in [1.54, 1.807) is 23.1 Å². The highest BCUT2D eigenvalue weighted by Crippen LogP contribution is 2.40. The van der Waals surface area contributed by atoms with E-state index in [0.717, 1.165) is 37.0 Å². The van der Waals surface area contributed by atoms with Gasteiger partial charge < -0.3 is 4.90 Å². The average Bonchev–Trinajstić information content (AvgIpc) is 3.04. The van der Waals surface area contributed by atoms with E-state index in [0.29, 0.717) is 6.42 Å². The largest absolute Gasteiger partial charge is 0.417 e. The number of pyridine rings is 1. The van der Waals surface area contributed by atoms with E-state index in [1.165, 1.54) is 17.2 Å². The Labute approximate surface area is 177 Å². The van der Waals surface area contributed by atoms with Gasteiger partial charge >= 0.3 is 12.2 Å². The molecule has 1 aliphatic heterocycles. The Morgan fingerprint density at radius 3 is 2.42 bits per heavy atom. The van der Waals surface area contributed by atoms with E-state index in [2.05, 4.69) is 4.98 Å². The van der Waals surface area contributed by atoms with Gasteiger partial charge in [-0.2, -0.15) is 23.7 Å². The molecule has 2 amide bonds. The Morgan fingerprint density at radius 2 is 1.81 bits per heavy atom. The van der Waals surface area contributed by atoms with Gasteiger partial charge in [-0.05, 0) is 42.7 Å². The molecule has 6 nitrogen and oxygen atoms in total. The van der Waals surface area contributed by atoms with Crippen molar-refractivity contribution in [3.63, 3.8) is 0 Å². The van der Waals surface area contributed by atoms with Gasteiger partial charge in [0, 0.05) is 18.4 Å². The highest BCUT2D eigenvalue weighted by molar-refractivity contribution is 5.96. The third-order valence-corrected chi connectivity index (χ3v) is 5.88. The second-order valence-corrected chi connectivity index (χ2v) is 7.70. The Morgan fingerprint density at radius 1 is 1.06 bits per heavy atom. The maximum atomic E-state index is 13.5. The summed E-state index contributed by atoms with van der Waals surface area (Å²) in [7, 11) is 0. The molecule has 1 saturated heterocycles. The van der Waals surface area contributed by atoms with Crippen LogP contribution in [0.5, 0.6) is 0 Å². The van der Waals surface area contributed by atoms with Crippen LogP contribution in [0, 0.1) is 22.7 Å². The standard InChI is InChI=1S/C22H18F3N5O/c23-22(24,25)18-9-17(8-6-15(18)10-26)30-20-4-2-1-3-19(20)29(21(30)31)13-14-5-7-16(11-27)28-12-14/h5-9,12,19-20H,1-4,13H2/t19-,20-/m1/s1. The van der Waals surface area contributed by atoms with Crippen LogP contribution in [0.3, 0.4) is 0 Å². The molecule has 1 aliphatic carbocycles. The molecule has 1 aromatic heterocycles. The van der Waals surface area contributed by atoms with Crippen LogP contribution in [0.1, 0.15) is 48.1 Å². The zero-order valence-corrected chi connectivity index (χ0v) is 16.4. The summed E-state index contributed by atoms with van der Waals surface area (Å²) in [4.78, 5) is 20.5. The molecule has 0 bridgehead atoms. The molecule has 0 N–H and O–H groups in total. The number of nitrogens with zero attached hydrogens (tertiary/aromatic N) is 5.